The van der Waals surface area contributed by atoms with Crippen molar-refractivity contribution >= 4 is 22.5 Å². The second kappa shape index (κ2) is 6.01. The molecule has 0 bridgehead atoms. The van der Waals surface area contributed by atoms with Gasteiger partial charge in [-0.1, -0.05) is 36.4 Å². The number of nitrogens with zero attached hydrogens (tertiary/aromatic N) is 1. The Labute approximate surface area is 138 Å². The number of fused-ring (bicyclic) bond motifs is 1. The summed E-state index contributed by atoms with van der Waals surface area (Å²) in [6, 6.07) is 22.9. The van der Waals surface area contributed by atoms with Gasteiger partial charge in [-0.15, -0.1) is 0 Å². The number of nitrogens with one attached hydrogen (secondary N) is 1. The molecule has 0 unspecified atom stereocenters. The maximum Gasteiger partial charge on any atom is 0.291 e. The van der Waals surface area contributed by atoms with Crippen molar-refractivity contribution in [1.82, 2.24) is 4.98 Å². The largest absolute Gasteiger partial charge is 0.459 e. The van der Waals surface area contributed by atoms with Gasteiger partial charge in [0.05, 0.1) is 17.5 Å². The average Bonchev–Trinajstić information content (AvgIpc) is 3.16. The predicted octanol–water partition coefficient (Wildman–Crippen LogP) is 4.75. The van der Waals surface area contributed by atoms with Crippen molar-refractivity contribution in [3.05, 3.63) is 84.8 Å². The van der Waals surface area contributed by atoms with Crippen LogP contribution in [0.25, 0.3) is 22.2 Å². The molecule has 4 aromatic rings. The molecule has 2 aromatic carbocycles. The van der Waals surface area contributed by atoms with Crippen molar-refractivity contribution in [2.45, 2.75) is 0 Å². The number of pyridine rings is 1. The average molecular weight is 314 g/mol. The SMILES string of the molecule is O=C(Nc1cccc(-c2ccc3ccccc3n2)c1)c1ccco1. The van der Waals surface area contributed by atoms with Crippen molar-refractivity contribution in [3.8, 4) is 11.3 Å². The maximum absolute atomic E-state index is 12.1. The summed E-state index contributed by atoms with van der Waals surface area (Å²) >= 11 is 0. The number of rotatable bonds is 3. The second-order valence-electron chi connectivity index (χ2n) is 5.40. The van der Waals surface area contributed by atoms with Gasteiger partial charge in [0.15, 0.2) is 5.76 Å². The van der Waals surface area contributed by atoms with Crippen LogP contribution in [0.3, 0.4) is 0 Å². The molecule has 0 atom stereocenters. The molecule has 0 aliphatic heterocycles. The first-order chi connectivity index (χ1) is 11.8. The molecule has 4 heteroatoms. The number of anilines is 1. The van der Waals surface area contributed by atoms with Gasteiger partial charge >= 0.3 is 0 Å². The van der Waals surface area contributed by atoms with E-state index in [1.807, 2.05) is 60.7 Å². The zero-order valence-electron chi connectivity index (χ0n) is 12.8. The number of amides is 1. The molecule has 4 rings (SSSR count). The summed E-state index contributed by atoms with van der Waals surface area (Å²) in [7, 11) is 0. The van der Waals surface area contributed by atoms with Crippen LogP contribution >= 0.6 is 0 Å². The zero-order chi connectivity index (χ0) is 16.4. The lowest BCUT2D eigenvalue weighted by atomic mass is 10.1. The molecular weight excluding hydrogens is 300 g/mol. The highest BCUT2D eigenvalue weighted by atomic mass is 16.3. The third-order valence-corrected chi connectivity index (χ3v) is 3.76. The fourth-order valence-corrected chi connectivity index (χ4v) is 2.58. The minimum absolute atomic E-state index is 0.274. The number of benzene rings is 2. The molecular formula is C20H14N2O2. The van der Waals surface area contributed by atoms with Crippen LogP contribution in [0.2, 0.25) is 0 Å². The summed E-state index contributed by atoms with van der Waals surface area (Å²) in [4.78, 5) is 16.8. The van der Waals surface area contributed by atoms with E-state index in [1.54, 1.807) is 12.1 Å². The van der Waals surface area contributed by atoms with E-state index in [-0.39, 0.29) is 11.7 Å². The molecule has 0 aliphatic rings. The number of carbonyl (C=O) groups excluding carboxylic acids is 1. The molecule has 1 N–H and O–H groups in total. The van der Waals surface area contributed by atoms with Gasteiger partial charge in [0.25, 0.3) is 5.91 Å². The number of para-hydroxylation sites is 1. The minimum Gasteiger partial charge on any atom is -0.459 e. The number of aromatic nitrogens is 1. The van der Waals surface area contributed by atoms with Gasteiger partial charge in [-0.2, -0.15) is 0 Å². The lowest BCUT2D eigenvalue weighted by molar-refractivity contribution is 0.0996. The Balaban J connectivity index is 1.65. The monoisotopic (exact) mass is 314 g/mol. The van der Waals surface area contributed by atoms with E-state index in [2.05, 4.69) is 10.3 Å². The lowest BCUT2D eigenvalue weighted by Crippen LogP contribution is -2.10. The van der Waals surface area contributed by atoms with Crippen molar-refractivity contribution in [3.63, 3.8) is 0 Å². The van der Waals surface area contributed by atoms with Crippen LogP contribution in [0, 0.1) is 0 Å². The highest BCUT2D eigenvalue weighted by Gasteiger charge is 2.09. The molecule has 1 amide bonds. The van der Waals surface area contributed by atoms with E-state index in [4.69, 9.17) is 4.42 Å². The second-order valence-corrected chi connectivity index (χ2v) is 5.40. The first kappa shape index (κ1) is 14.2. The summed E-state index contributed by atoms with van der Waals surface area (Å²) in [5, 5.41) is 3.93. The summed E-state index contributed by atoms with van der Waals surface area (Å²) in [6.45, 7) is 0. The quantitative estimate of drug-likeness (QED) is 0.594. The smallest absolute Gasteiger partial charge is 0.291 e. The van der Waals surface area contributed by atoms with Crippen LogP contribution in [0.1, 0.15) is 10.6 Å². The number of hydrogen-bond acceptors (Lipinski definition) is 3. The van der Waals surface area contributed by atoms with Crippen LogP contribution in [-0.2, 0) is 0 Å². The number of hydrogen-bond donors (Lipinski definition) is 1. The van der Waals surface area contributed by atoms with Crippen LogP contribution in [0.5, 0.6) is 0 Å². The van der Waals surface area contributed by atoms with Crippen LogP contribution in [0.15, 0.2) is 83.5 Å². The Morgan fingerprint density at radius 2 is 1.83 bits per heavy atom. The molecule has 0 saturated heterocycles. The Bertz CT molecular complexity index is 1010. The van der Waals surface area contributed by atoms with Gasteiger partial charge in [-0.25, -0.2) is 4.98 Å². The van der Waals surface area contributed by atoms with Gasteiger partial charge in [-0.05, 0) is 36.4 Å². The van der Waals surface area contributed by atoms with Gasteiger partial charge in [0, 0.05) is 16.6 Å². The Morgan fingerprint density at radius 1 is 0.917 bits per heavy atom. The van der Waals surface area contributed by atoms with Crippen LogP contribution in [-0.4, -0.2) is 10.9 Å². The lowest BCUT2D eigenvalue weighted by Gasteiger charge is -2.07. The third kappa shape index (κ3) is 2.77. The van der Waals surface area contributed by atoms with Crippen LogP contribution < -0.4 is 5.32 Å². The van der Waals surface area contributed by atoms with Crippen molar-refractivity contribution in [1.29, 1.82) is 0 Å². The molecule has 2 aromatic heterocycles. The first-order valence-electron chi connectivity index (χ1n) is 7.61. The van der Waals surface area contributed by atoms with E-state index in [0.29, 0.717) is 5.69 Å². The Hall–Kier alpha value is -3.40. The van der Waals surface area contributed by atoms with E-state index in [1.165, 1.54) is 6.26 Å². The van der Waals surface area contributed by atoms with Crippen molar-refractivity contribution in [2.24, 2.45) is 0 Å². The fourth-order valence-electron chi connectivity index (χ4n) is 2.58. The van der Waals surface area contributed by atoms with Gasteiger partial charge in [0.2, 0.25) is 0 Å². The Kier molecular flexibility index (Phi) is 3.56. The summed E-state index contributed by atoms with van der Waals surface area (Å²) in [5.74, 6) is 0.00727. The van der Waals surface area contributed by atoms with Gasteiger partial charge < -0.3 is 9.73 Å². The molecule has 2 heterocycles. The van der Waals surface area contributed by atoms with Crippen LogP contribution in [0.4, 0.5) is 5.69 Å². The number of carbonyl (C=O) groups is 1. The molecule has 0 radical (unpaired) electrons. The van der Waals surface area contributed by atoms with E-state index < -0.39 is 0 Å². The van der Waals surface area contributed by atoms with E-state index in [0.717, 1.165) is 22.2 Å². The number of furan rings is 1. The fraction of sp³-hybridized carbons (Fsp3) is 0. The van der Waals surface area contributed by atoms with Gasteiger partial charge in [0.1, 0.15) is 0 Å². The summed E-state index contributed by atoms with van der Waals surface area (Å²) in [6.07, 6.45) is 1.48. The summed E-state index contributed by atoms with van der Waals surface area (Å²) < 4.78 is 5.11. The Morgan fingerprint density at radius 3 is 2.71 bits per heavy atom. The molecule has 0 fully saturated rings. The van der Waals surface area contributed by atoms with E-state index >= 15 is 0 Å². The highest BCUT2D eigenvalue weighted by molar-refractivity contribution is 6.02. The van der Waals surface area contributed by atoms with Crippen molar-refractivity contribution in [2.75, 3.05) is 5.32 Å². The highest BCUT2D eigenvalue weighted by Crippen LogP contribution is 2.23. The minimum atomic E-state index is -0.274. The molecule has 0 spiro atoms. The van der Waals surface area contributed by atoms with Gasteiger partial charge in [-0.3, -0.25) is 4.79 Å². The van der Waals surface area contributed by atoms with E-state index in [9.17, 15) is 4.79 Å². The summed E-state index contributed by atoms with van der Waals surface area (Å²) in [5.41, 5.74) is 3.45. The maximum atomic E-state index is 12.1. The molecule has 24 heavy (non-hydrogen) atoms. The topological polar surface area (TPSA) is 55.1 Å². The standard InChI is InChI=1S/C20H14N2O2/c23-20(19-9-4-12-24-19)21-16-7-3-6-15(13-16)18-11-10-14-5-1-2-8-17(14)22-18/h1-13H,(H,21,23). The molecule has 116 valence electrons. The molecule has 0 saturated carbocycles. The molecule has 0 aliphatic carbocycles. The van der Waals surface area contributed by atoms with Crippen molar-refractivity contribution < 1.29 is 9.21 Å². The first-order valence-corrected chi connectivity index (χ1v) is 7.61. The zero-order valence-corrected chi connectivity index (χ0v) is 12.8. The normalized spacial score (nSPS) is 10.7. The molecule has 4 nitrogen and oxygen atoms in total. The predicted molar refractivity (Wildman–Crippen MR) is 93.8 cm³/mol. The third-order valence-electron chi connectivity index (χ3n) is 3.76.